The lowest BCUT2D eigenvalue weighted by Crippen LogP contribution is -2.36. The Morgan fingerprint density at radius 1 is 1.20 bits per heavy atom. The minimum absolute atomic E-state index is 0.0161. The number of rotatable bonds is 6. The molecule has 1 aliphatic heterocycles. The number of halogens is 1. The van der Waals surface area contributed by atoms with E-state index in [0.29, 0.717) is 11.7 Å². The molecule has 1 aromatic carbocycles. The van der Waals surface area contributed by atoms with Crippen LogP contribution < -0.4 is 5.32 Å². The van der Waals surface area contributed by atoms with Crippen LogP contribution in [0.1, 0.15) is 30.4 Å². The van der Waals surface area contributed by atoms with Gasteiger partial charge >= 0.3 is 5.97 Å². The fourth-order valence-electron chi connectivity index (χ4n) is 3.72. The summed E-state index contributed by atoms with van der Waals surface area (Å²) in [6.45, 7) is 2.09. The smallest absolute Gasteiger partial charge is 0.325 e. The maximum Gasteiger partial charge on any atom is 0.325 e. The third-order valence-electron chi connectivity index (χ3n) is 4.99. The van der Waals surface area contributed by atoms with E-state index in [1.165, 1.54) is 12.1 Å². The number of nitrogens with one attached hydrogen (secondary N) is 1. The zero-order chi connectivity index (χ0) is 21.1. The highest BCUT2D eigenvalue weighted by Crippen LogP contribution is 2.39. The van der Waals surface area contributed by atoms with Crippen LogP contribution in [0.15, 0.2) is 67.0 Å². The number of hydrogen-bond acceptors (Lipinski definition) is 4. The van der Waals surface area contributed by atoms with Gasteiger partial charge in [-0.1, -0.05) is 6.07 Å². The van der Waals surface area contributed by atoms with E-state index in [9.17, 15) is 9.18 Å². The molecular weight excluding hydrogens is 403 g/mol. The van der Waals surface area contributed by atoms with E-state index in [-0.39, 0.29) is 30.4 Å². The van der Waals surface area contributed by atoms with Gasteiger partial charge in [0, 0.05) is 23.8 Å². The van der Waals surface area contributed by atoms with Crippen molar-refractivity contribution >= 4 is 23.3 Å². The molecule has 0 radical (unpaired) electrons. The van der Waals surface area contributed by atoms with Crippen molar-refractivity contribution in [3.05, 3.63) is 84.2 Å². The summed E-state index contributed by atoms with van der Waals surface area (Å²) >= 11 is 5.57. The Morgan fingerprint density at radius 2 is 2.00 bits per heavy atom. The number of pyridine rings is 1. The summed E-state index contributed by atoms with van der Waals surface area (Å²) in [6.07, 6.45) is 3.63. The Balaban J connectivity index is 1.77. The van der Waals surface area contributed by atoms with Crippen LogP contribution in [0, 0.1) is 5.82 Å². The quantitative estimate of drug-likeness (QED) is 0.483. The number of carbonyl (C=O) groups excluding carboxylic acids is 1. The second-order valence-corrected chi connectivity index (χ2v) is 7.23. The van der Waals surface area contributed by atoms with E-state index in [0.717, 1.165) is 17.1 Å². The highest BCUT2D eigenvalue weighted by molar-refractivity contribution is 7.80. The van der Waals surface area contributed by atoms with Crippen LogP contribution in [-0.2, 0) is 9.53 Å². The number of carbonyl (C=O) groups is 1. The van der Waals surface area contributed by atoms with Crippen LogP contribution in [0.25, 0.3) is 5.69 Å². The largest absolute Gasteiger partial charge is 0.465 e. The lowest BCUT2D eigenvalue weighted by molar-refractivity contribution is -0.143. The monoisotopic (exact) mass is 424 g/mol. The van der Waals surface area contributed by atoms with Crippen LogP contribution in [0.2, 0.25) is 0 Å². The molecule has 8 heteroatoms. The zero-order valence-electron chi connectivity index (χ0n) is 16.4. The van der Waals surface area contributed by atoms with Crippen molar-refractivity contribution in [2.75, 3.05) is 13.2 Å². The predicted octanol–water partition coefficient (Wildman–Crippen LogP) is 3.55. The Bertz CT molecular complexity index is 1040. The zero-order valence-corrected chi connectivity index (χ0v) is 17.2. The molecule has 2 aromatic heterocycles. The molecule has 2 atom stereocenters. The average molecular weight is 425 g/mol. The van der Waals surface area contributed by atoms with E-state index in [4.69, 9.17) is 17.0 Å². The van der Waals surface area contributed by atoms with E-state index in [1.807, 2.05) is 46.0 Å². The van der Waals surface area contributed by atoms with Gasteiger partial charge in [0.05, 0.1) is 24.4 Å². The molecular formula is C22H21FN4O2S. The number of benzene rings is 1. The average Bonchev–Trinajstić information content (AvgIpc) is 3.34. The second kappa shape index (κ2) is 8.62. The number of aromatic nitrogens is 2. The third kappa shape index (κ3) is 3.91. The van der Waals surface area contributed by atoms with Crippen LogP contribution in [-0.4, -0.2) is 38.7 Å². The van der Waals surface area contributed by atoms with Gasteiger partial charge in [-0.15, -0.1) is 0 Å². The van der Waals surface area contributed by atoms with Gasteiger partial charge in [-0.05, 0) is 67.7 Å². The molecule has 3 aromatic rings. The van der Waals surface area contributed by atoms with Crippen LogP contribution in [0.3, 0.4) is 0 Å². The summed E-state index contributed by atoms with van der Waals surface area (Å²) in [7, 11) is 0. The molecule has 0 aliphatic carbocycles. The Morgan fingerprint density at radius 3 is 2.70 bits per heavy atom. The van der Waals surface area contributed by atoms with E-state index in [2.05, 4.69) is 10.3 Å². The predicted molar refractivity (Wildman–Crippen MR) is 115 cm³/mol. The molecule has 3 heterocycles. The molecule has 0 unspecified atom stereocenters. The molecule has 154 valence electrons. The molecule has 1 saturated heterocycles. The molecule has 0 saturated carbocycles. The molecule has 1 N–H and O–H groups in total. The van der Waals surface area contributed by atoms with Gasteiger partial charge in [0.25, 0.3) is 0 Å². The number of ether oxygens (including phenoxy) is 1. The van der Waals surface area contributed by atoms with Crippen molar-refractivity contribution in [2.24, 2.45) is 0 Å². The molecule has 0 amide bonds. The lowest BCUT2D eigenvalue weighted by atomic mass is 10.0. The molecule has 0 bridgehead atoms. The molecule has 1 aliphatic rings. The van der Waals surface area contributed by atoms with Gasteiger partial charge in [0.2, 0.25) is 0 Å². The summed E-state index contributed by atoms with van der Waals surface area (Å²) in [5, 5.41) is 3.76. The first-order valence-electron chi connectivity index (χ1n) is 9.65. The standard InChI is InChI=1S/C22H21FN4O2S/c1-2-29-19(28)14-27-21(20(25-22(27)30)17-6-3-4-12-24-17)18-7-5-13-26(18)16-10-8-15(23)9-11-16/h3-13,20-21H,2,14H2,1H3,(H,25,30)/t20-,21+/m1/s1. The van der Waals surface area contributed by atoms with Crippen LogP contribution in [0.4, 0.5) is 4.39 Å². The molecule has 1 fully saturated rings. The topological polar surface area (TPSA) is 59.4 Å². The summed E-state index contributed by atoms with van der Waals surface area (Å²) in [5.74, 6) is -0.653. The minimum atomic E-state index is -0.354. The fraction of sp³-hybridized carbons (Fsp3) is 0.227. The van der Waals surface area contributed by atoms with E-state index in [1.54, 1.807) is 25.3 Å². The van der Waals surface area contributed by atoms with Crippen LogP contribution >= 0.6 is 12.2 Å². The molecule has 4 rings (SSSR count). The Labute approximate surface area is 179 Å². The van der Waals surface area contributed by atoms with Gasteiger partial charge in [-0.25, -0.2) is 4.39 Å². The fourth-order valence-corrected chi connectivity index (χ4v) is 4.02. The van der Waals surface area contributed by atoms with E-state index >= 15 is 0 Å². The Kier molecular flexibility index (Phi) is 5.76. The number of esters is 1. The highest BCUT2D eigenvalue weighted by Gasteiger charge is 2.42. The maximum atomic E-state index is 13.4. The van der Waals surface area contributed by atoms with Crippen molar-refractivity contribution < 1.29 is 13.9 Å². The summed E-state index contributed by atoms with van der Waals surface area (Å²) in [5.41, 5.74) is 2.52. The van der Waals surface area contributed by atoms with Crippen molar-refractivity contribution in [3.8, 4) is 5.69 Å². The number of nitrogens with zero attached hydrogens (tertiary/aromatic N) is 3. The molecule has 6 nitrogen and oxygen atoms in total. The summed E-state index contributed by atoms with van der Waals surface area (Å²) in [6, 6.07) is 15.3. The number of hydrogen-bond donors (Lipinski definition) is 1. The minimum Gasteiger partial charge on any atom is -0.465 e. The first kappa shape index (κ1) is 20.0. The lowest BCUT2D eigenvalue weighted by Gasteiger charge is -2.28. The van der Waals surface area contributed by atoms with Crippen molar-refractivity contribution in [2.45, 2.75) is 19.0 Å². The first-order valence-corrected chi connectivity index (χ1v) is 10.1. The first-order chi connectivity index (χ1) is 14.6. The summed E-state index contributed by atoms with van der Waals surface area (Å²) in [4.78, 5) is 18.6. The van der Waals surface area contributed by atoms with Crippen molar-refractivity contribution in [1.82, 2.24) is 19.8 Å². The van der Waals surface area contributed by atoms with Gasteiger partial charge in [0.1, 0.15) is 12.4 Å². The summed E-state index contributed by atoms with van der Waals surface area (Å²) < 4.78 is 20.6. The Hall–Kier alpha value is -3.26. The molecule has 30 heavy (non-hydrogen) atoms. The van der Waals surface area contributed by atoms with Crippen LogP contribution in [0.5, 0.6) is 0 Å². The van der Waals surface area contributed by atoms with Gasteiger partial charge < -0.3 is 19.5 Å². The van der Waals surface area contributed by atoms with Gasteiger partial charge in [-0.3, -0.25) is 9.78 Å². The number of thiocarbonyl (C=S) groups is 1. The van der Waals surface area contributed by atoms with Gasteiger partial charge in [0.15, 0.2) is 5.11 Å². The normalized spacial score (nSPS) is 18.3. The van der Waals surface area contributed by atoms with Crippen molar-refractivity contribution in [1.29, 1.82) is 0 Å². The third-order valence-corrected chi connectivity index (χ3v) is 5.34. The highest BCUT2D eigenvalue weighted by atomic mass is 32.1. The second-order valence-electron chi connectivity index (χ2n) is 6.84. The molecule has 0 spiro atoms. The van der Waals surface area contributed by atoms with Crippen molar-refractivity contribution in [3.63, 3.8) is 0 Å². The SMILES string of the molecule is CCOC(=O)CN1C(=S)N[C@H](c2ccccn2)[C@@H]1c1cccn1-c1ccc(F)cc1. The van der Waals surface area contributed by atoms with Gasteiger partial charge in [-0.2, -0.15) is 0 Å². The maximum absolute atomic E-state index is 13.4. The van der Waals surface area contributed by atoms with E-state index < -0.39 is 0 Å².